The highest BCUT2D eigenvalue weighted by Crippen LogP contribution is 2.29. The molecule has 0 aromatic carbocycles. The molecule has 0 amide bonds. The summed E-state index contributed by atoms with van der Waals surface area (Å²) in [7, 11) is 0. The van der Waals surface area contributed by atoms with Gasteiger partial charge in [0.1, 0.15) is 0 Å². The first-order valence-electron chi connectivity index (χ1n) is 7.88. The lowest BCUT2D eigenvalue weighted by atomic mass is 10.0. The van der Waals surface area contributed by atoms with Crippen molar-refractivity contribution >= 4 is 11.3 Å². The van der Waals surface area contributed by atoms with Gasteiger partial charge in [-0.25, -0.2) is 0 Å². The minimum absolute atomic E-state index is 0.781. The minimum Gasteiger partial charge on any atom is -0.314 e. The van der Waals surface area contributed by atoms with Gasteiger partial charge in [-0.2, -0.15) is 0 Å². The van der Waals surface area contributed by atoms with Crippen molar-refractivity contribution in [3.05, 3.63) is 21.9 Å². The van der Waals surface area contributed by atoms with E-state index >= 15 is 0 Å². The molecule has 2 heterocycles. The van der Waals surface area contributed by atoms with Crippen molar-refractivity contribution in [3.8, 4) is 0 Å². The average Bonchev–Trinajstić information content (AvgIpc) is 3.05. The molecule has 1 fully saturated rings. The van der Waals surface area contributed by atoms with Gasteiger partial charge in [0.05, 0.1) is 0 Å². The molecule has 2 unspecified atom stereocenters. The van der Waals surface area contributed by atoms with Crippen LogP contribution < -0.4 is 5.32 Å². The smallest absolute Gasteiger partial charge is 0.0245 e. The van der Waals surface area contributed by atoms with E-state index in [0.717, 1.165) is 12.0 Å². The van der Waals surface area contributed by atoms with Crippen molar-refractivity contribution in [2.24, 2.45) is 5.92 Å². The van der Waals surface area contributed by atoms with Crippen LogP contribution in [0.1, 0.15) is 43.0 Å². The fraction of sp³-hybridized carbons (Fsp3) is 0.750. The fourth-order valence-corrected chi connectivity index (χ4v) is 4.54. The van der Waals surface area contributed by atoms with Crippen LogP contribution in [0.2, 0.25) is 0 Å². The zero-order valence-corrected chi connectivity index (χ0v) is 12.8. The molecular weight excluding hydrogens is 252 g/mol. The second-order valence-corrected chi connectivity index (χ2v) is 7.11. The first-order chi connectivity index (χ1) is 9.36. The second-order valence-electron chi connectivity index (χ2n) is 6.11. The van der Waals surface area contributed by atoms with Gasteiger partial charge in [0.2, 0.25) is 0 Å². The maximum atomic E-state index is 3.76. The third kappa shape index (κ3) is 3.21. The molecule has 0 bridgehead atoms. The zero-order chi connectivity index (χ0) is 13.1. The lowest BCUT2D eigenvalue weighted by Gasteiger charge is -2.31. The molecule has 0 radical (unpaired) electrons. The molecule has 2 atom stereocenters. The highest BCUT2D eigenvalue weighted by Gasteiger charge is 2.29. The molecule has 1 aromatic rings. The minimum atomic E-state index is 0.781. The second kappa shape index (κ2) is 6.38. The van der Waals surface area contributed by atoms with Crippen molar-refractivity contribution in [3.63, 3.8) is 0 Å². The number of hydrogen-bond acceptors (Lipinski definition) is 3. The first-order valence-corrected chi connectivity index (χ1v) is 8.75. The molecule has 2 aliphatic rings. The molecular formula is C16H26N2S. The fourth-order valence-electron chi connectivity index (χ4n) is 3.65. The topological polar surface area (TPSA) is 15.3 Å². The highest BCUT2D eigenvalue weighted by atomic mass is 32.1. The standard InChI is InChI=1S/C16H26N2S/c1-2-8-17-15-5-3-4-13(15)11-18-9-6-16-14(12-18)7-10-19-16/h7,10,13,15,17H,2-6,8-9,11-12H2,1H3. The van der Waals surface area contributed by atoms with Gasteiger partial charge < -0.3 is 5.32 Å². The Bertz CT molecular complexity index is 401. The van der Waals surface area contributed by atoms with Gasteiger partial charge in [0.25, 0.3) is 0 Å². The Kier molecular flexibility index (Phi) is 4.57. The van der Waals surface area contributed by atoms with Gasteiger partial charge in [-0.1, -0.05) is 13.3 Å². The van der Waals surface area contributed by atoms with E-state index in [9.17, 15) is 0 Å². The molecule has 1 aromatic heterocycles. The Morgan fingerprint density at radius 1 is 1.42 bits per heavy atom. The molecule has 2 nitrogen and oxygen atoms in total. The van der Waals surface area contributed by atoms with Crippen molar-refractivity contribution < 1.29 is 0 Å². The molecule has 106 valence electrons. The molecule has 3 rings (SSSR count). The number of fused-ring (bicyclic) bond motifs is 1. The van der Waals surface area contributed by atoms with Crippen LogP contribution in [-0.4, -0.2) is 30.6 Å². The molecule has 1 saturated carbocycles. The summed E-state index contributed by atoms with van der Waals surface area (Å²) >= 11 is 1.94. The van der Waals surface area contributed by atoms with Crippen LogP contribution in [0.3, 0.4) is 0 Å². The Morgan fingerprint density at radius 3 is 3.26 bits per heavy atom. The molecule has 1 aliphatic carbocycles. The lowest BCUT2D eigenvalue weighted by Crippen LogP contribution is -2.41. The number of hydrogen-bond donors (Lipinski definition) is 1. The van der Waals surface area contributed by atoms with Gasteiger partial charge in [-0.05, 0) is 55.2 Å². The van der Waals surface area contributed by atoms with Gasteiger partial charge in [-0.3, -0.25) is 4.90 Å². The maximum absolute atomic E-state index is 3.76. The van der Waals surface area contributed by atoms with E-state index in [1.54, 1.807) is 10.4 Å². The molecule has 0 spiro atoms. The number of nitrogens with one attached hydrogen (secondary N) is 1. The summed E-state index contributed by atoms with van der Waals surface area (Å²) in [6, 6.07) is 3.11. The van der Waals surface area contributed by atoms with Crippen molar-refractivity contribution in [1.82, 2.24) is 10.2 Å². The average molecular weight is 278 g/mol. The van der Waals surface area contributed by atoms with E-state index in [1.165, 1.54) is 58.3 Å². The van der Waals surface area contributed by atoms with Gasteiger partial charge in [-0.15, -0.1) is 11.3 Å². The molecule has 0 saturated heterocycles. The van der Waals surface area contributed by atoms with E-state index in [1.807, 2.05) is 11.3 Å². The van der Waals surface area contributed by atoms with Crippen molar-refractivity contribution in [2.75, 3.05) is 19.6 Å². The van der Waals surface area contributed by atoms with Crippen LogP contribution >= 0.6 is 11.3 Å². The predicted octanol–water partition coefficient (Wildman–Crippen LogP) is 3.27. The van der Waals surface area contributed by atoms with Gasteiger partial charge in [0.15, 0.2) is 0 Å². The lowest BCUT2D eigenvalue weighted by molar-refractivity contribution is 0.199. The number of rotatable bonds is 5. The largest absolute Gasteiger partial charge is 0.314 e. The van der Waals surface area contributed by atoms with E-state index in [-0.39, 0.29) is 0 Å². The van der Waals surface area contributed by atoms with Crippen molar-refractivity contribution in [1.29, 1.82) is 0 Å². The summed E-state index contributed by atoms with van der Waals surface area (Å²) in [5, 5.41) is 6.02. The number of thiophene rings is 1. The monoisotopic (exact) mass is 278 g/mol. The van der Waals surface area contributed by atoms with Crippen LogP contribution in [0.5, 0.6) is 0 Å². The zero-order valence-electron chi connectivity index (χ0n) is 12.0. The van der Waals surface area contributed by atoms with Crippen LogP contribution in [0, 0.1) is 5.92 Å². The summed E-state index contributed by atoms with van der Waals surface area (Å²) in [4.78, 5) is 4.31. The summed E-state index contributed by atoms with van der Waals surface area (Å²) in [6.07, 6.45) is 6.76. The maximum Gasteiger partial charge on any atom is 0.0245 e. The Hall–Kier alpha value is -0.380. The summed E-state index contributed by atoms with van der Waals surface area (Å²) < 4.78 is 0. The van der Waals surface area contributed by atoms with Crippen LogP contribution in [0.15, 0.2) is 11.4 Å². The Balaban J connectivity index is 1.54. The van der Waals surface area contributed by atoms with Crippen LogP contribution in [0.25, 0.3) is 0 Å². The van der Waals surface area contributed by atoms with E-state index in [0.29, 0.717) is 0 Å². The van der Waals surface area contributed by atoms with E-state index in [2.05, 4.69) is 28.6 Å². The molecule has 19 heavy (non-hydrogen) atoms. The quantitative estimate of drug-likeness (QED) is 0.889. The SMILES string of the molecule is CCCNC1CCCC1CN1CCc2sccc2C1. The van der Waals surface area contributed by atoms with E-state index < -0.39 is 0 Å². The Labute approximate surface area is 121 Å². The normalized spacial score (nSPS) is 27.6. The third-order valence-corrected chi connectivity index (χ3v) is 5.72. The molecule has 1 N–H and O–H groups in total. The third-order valence-electron chi connectivity index (χ3n) is 4.70. The van der Waals surface area contributed by atoms with Crippen LogP contribution in [0.4, 0.5) is 0 Å². The Morgan fingerprint density at radius 2 is 2.37 bits per heavy atom. The summed E-state index contributed by atoms with van der Waals surface area (Å²) in [5.41, 5.74) is 1.59. The number of nitrogens with zero attached hydrogens (tertiary/aromatic N) is 1. The van der Waals surface area contributed by atoms with E-state index in [4.69, 9.17) is 0 Å². The summed E-state index contributed by atoms with van der Waals surface area (Å²) in [6.45, 7) is 7.21. The van der Waals surface area contributed by atoms with Crippen LogP contribution in [-0.2, 0) is 13.0 Å². The molecule has 1 aliphatic heterocycles. The van der Waals surface area contributed by atoms with Crippen molar-refractivity contribution in [2.45, 2.75) is 51.6 Å². The van der Waals surface area contributed by atoms with Gasteiger partial charge in [0, 0.05) is 30.6 Å². The van der Waals surface area contributed by atoms with Gasteiger partial charge >= 0.3 is 0 Å². The predicted molar refractivity (Wildman–Crippen MR) is 82.7 cm³/mol. The molecule has 3 heteroatoms. The highest BCUT2D eigenvalue weighted by molar-refractivity contribution is 7.10. The summed E-state index contributed by atoms with van der Waals surface area (Å²) in [5.74, 6) is 0.881. The first kappa shape index (κ1) is 13.6.